The van der Waals surface area contributed by atoms with Crippen LogP contribution in [-0.2, 0) is 4.79 Å². The first-order valence-corrected chi connectivity index (χ1v) is 6.69. The number of aryl methyl sites for hydroxylation is 1. The van der Waals surface area contributed by atoms with Crippen molar-refractivity contribution in [2.24, 2.45) is 11.6 Å². The van der Waals surface area contributed by atoms with Gasteiger partial charge in [-0.2, -0.15) is 4.98 Å². The third-order valence-electron chi connectivity index (χ3n) is 2.54. The van der Waals surface area contributed by atoms with E-state index in [0.717, 1.165) is 15.1 Å². The predicted octanol–water partition coefficient (Wildman–Crippen LogP) is 0.963. The standard InChI is InChI=1S/C11H16N6OS/c1-6-5-7-9(14-4-2-3-8(12)18)15-11(17-13)16-10(7)19-6/h5H,2-4,13H2,1H3,(H2,12,18)(H2,14,15,16,17). The number of thiophene rings is 1. The van der Waals surface area contributed by atoms with Crippen LogP contribution in [-0.4, -0.2) is 22.4 Å². The van der Waals surface area contributed by atoms with Gasteiger partial charge in [-0.1, -0.05) is 0 Å². The number of primary amides is 1. The number of fused-ring (bicyclic) bond motifs is 1. The van der Waals surface area contributed by atoms with Gasteiger partial charge in [-0.25, -0.2) is 10.8 Å². The van der Waals surface area contributed by atoms with E-state index in [9.17, 15) is 4.79 Å². The normalized spacial score (nSPS) is 10.6. The summed E-state index contributed by atoms with van der Waals surface area (Å²) in [5.41, 5.74) is 7.54. The zero-order valence-electron chi connectivity index (χ0n) is 10.6. The second-order valence-corrected chi connectivity index (χ2v) is 5.35. The molecule has 0 saturated heterocycles. The average molecular weight is 280 g/mol. The van der Waals surface area contributed by atoms with Crippen molar-refractivity contribution in [3.8, 4) is 0 Å². The number of hydrazine groups is 1. The molecule has 0 aromatic carbocycles. The molecule has 0 aliphatic carbocycles. The molecule has 6 N–H and O–H groups in total. The van der Waals surface area contributed by atoms with Crippen molar-refractivity contribution in [3.63, 3.8) is 0 Å². The molecule has 0 aliphatic rings. The Labute approximate surface area is 114 Å². The zero-order valence-corrected chi connectivity index (χ0v) is 11.4. The predicted molar refractivity (Wildman–Crippen MR) is 76.9 cm³/mol. The van der Waals surface area contributed by atoms with E-state index in [1.807, 2.05) is 13.0 Å². The minimum absolute atomic E-state index is 0.301. The molecule has 0 radical (unpaired) electrons. The fourth-order valence-corrected chi connectivity index (χ4v) is 2.59. The average Bonchev–Trinajstić information content (AvgIpc) is 2.74. The van der Waals surface area contributed by atoms with E-state index in [2.05, 4.69) is 20.7 Å². The monoisotopic (exact) mass is 280 g/mol. The highest BCUT2D eigenvalue weighted by Crippen LogP contribution is 2.29. The van der Waals surface area contributed by atoms with Gasteiger partial charge in [0.05, 0.1) is 5.39 Å². The van der Waals surface area contributed by atoms with E-state index in [4.69, 9.17) is 11.6 Å². The van der Waals surface area contributed by atoms with Crippen LogP contribution in [0.3, 0.4) is 0 Å². The summed E-state index contributed by atoms with van der Waals surface area (Å²) in [5, 5.41) is 4.14. The van der Waals surface area contributed by atoms with Crippen molar-refractivity contribution in [2.45, 2.75) is 19.8 Å². The number of hydrogen-bond donors (Lipinski definition) is 4. The van der Waals surface area contributed by atoms with Crippen molar-refractivity contribution in [1.29, 1.82) is 0 Å². The van der Waals surface area contributed by atoms with Crippen molar-refractivity contribution in [1.82, 2.24) is 9.97 Å². The Bertz CT molecular complexity index is 596. The van der Waals surface area contributed by atoms with Gasteiger partial charge in [0.1, 0.15) is 10.6 Å². The SMILES string of the molecule is Cc1cc2c(NCCCC(N)=O)nc(NN)nc2s1. The molecule has 0 saturated carbocycles. The number of carbonyl (C=O) groups is 1. The summed E-state index contributed by atoms with van der Waals surface area (Å²) < 4.78 is 0. The number of anilines is 2. The van der Waals surface area contributed by atoms with E-state index in [0.29, 0.717) is 31.2 Å². The third-order valence-corrected chi connectivity index (χ3v) is 3.48. The Morgan fingerprint density at radius 1 is 1.47 bits per heavy atom. The van der Waals surface area contributed by atoms with Crippen LogP contribution >= 0.6 is 11.3 Å². The molecule has 2 heterocycles. The number of nitrogens with zero attached hydrogens (tertiary/aromatic N) is 2. The molecule has 7 nitrogen and oxygen atoms in total. The van der Waals surface area contributed by atoms with E-state index < -0.39 is 0 Å². The van der Waals surface area contributed by atoms with E-state index >= 15 is 0 Å². The van der Waals surface area contributed by atoms with E-state index in [-0.39, 0.29) is 5.91 Å². The third kappa shape index (κ3) is 3.30. The van der Waals surface area contributed by atoms with Crippen LogP contribution in [0, 0.1) is 6.92 Å². The first-order valence-electron chi connectivity index (χ1n) is 5.87. The highest BCUT2D eigenvalue weighted by Gasteiger charge is 2.09. The number of rotatable bonds is 6. The number of amides is 1. The fraction of sp³-hybridized carbons (Fsp3) is 0.364. The number of nitrogens with two attached hydrogens (primary N) is 2. The number of hydrogen-bond acceptors (Lipinski definition) is 7. The lowest BCUT2D eigenvalue weighted by atomic mass is 10.3. The van der Waals surface area contributed by atoms with Gasteiger partial charge in [0, 0.05) is 17.8 Å². The molecule has 2 aromatic heterocycles. The molecule has 102 valence electrons. The first kappa shape index (κ1) is 13.5. The molecular weight excluding hydrogens is 264 g/mol. The van der Waals surface area contributed by atoms with Crippen molar-refractivity contribution in [3.05, 3.63) is 10.9 Å². The molecular formula is C11H16N6OS. The Morgan fingerprint density at radius 2 is 2.26 bits per heavy atom. The van der Waals surface area contributed by atoms with Gasteiger partial charge in [-0.05, 0) is 19.4 Å². The number of nitrogen functional groups attached to an aromatic ring is 1. The minimum Gasteiger partial charge on any atom is -0.370 e. The molecule has 0 bridgehead atoms. The van der Waals surface area contributed by atoms with Crippen LogP contribution < -0.4 is 22.3 Å². The Balaban J connectivity index is 2.17. The smallest absolute Gasteiger partial charge is 0.240 e. The van der Waals surface area contributed by atoms with Gasteiger partial charge >= 0.3 is 0 Å². The second-order valence-electron chi connectivity index (χ2n) is 4.11. The van der Waals surface area contributed by atoms with Crippen LogP contribution in [0.2, 0.25) is 0 Å². The molecule has 1 amide bonds. The Morgan fingerprint density at radius 3 is 2.95 bits per heavy atom. The van der Waals surface area contributed by atoms with Crippen molar-refractivity contribution in [2.75, 3.05) is 17.3 Å². The van der Waals surface area contributed by atoms with Gasteiger partial charge in [-0.15, -0.1) is 11.3 Å². The maximum Gasteiger partial charge on any atom is 0.240 e. The molecule has 8 heteroatoms. The number of aromatic nitrogens is 2. The van der Waals surface area contributed by atoms with Gasteiger partial charge in [0.2, 0.25) is 11.9 Å². The number of carbonyl (C=O) groups excluding carboxylic acids is 1. The van der Waals surface area contributed by atoms with Gasteiger partial charge in [0.25, 0.3) is 0 Å². The summed E-state index contributed by atoms with van der Waals surface area (Å²) in [6.45, 7) is 2.63. The Hall–Kier alpha value is -1.93. The van der Waals surface area contributed by atoms with Crippen LogP contribution in [0.5, 0.6) is 0 Å². The summed E-state index contributed by atoms with van der Waals surface area (Å²) in [6, 6.07) is 2.02. The lowest BCUT2D eigenvalue weighted by Crippen LogP contribution is -2.14. The molecule has 0 fully saturated rings. The highest BCUT2D eigenvalue weighted by atomic mass is 32.1. The maximum absolute atomic E-state index is 10.7. The summed E-state index contributed by atoms with van der Waals surface area (Å²) in [4.78, 5) is 21.3. The van der Waals surface area contributed by atoms with E-state index in [1.165, 1.54) is 0 Å². The minimum atomic E-state index is -0.301. The lowest BCUT2D eigenvalue weighted by molar-refractivity contribution is -0.118. The molecule has 2 rings (SSSR count). The highest BCUT2D eigenvalue weighted by molar-refractivity contribution is 7.18. The van der Waals surface area contributed by atoms with Crippen molar-refractivity contribution >= 4 is 39.2 Å². The fourth-order valence-electron chi connectivity index (χ4n) is 1.71. The van der Waals surface area contributed by atoms with Crippen LogP contribution in [0.25, 0.3) is 10.2 Å². The molecule has 0 aliphatic heterocycles. The zero-order chi connectivity index (χ0) is 13.8. The van der Waals surface area contributed by atoms with Crippen LogP contribution in [0.4, 0.5) is 11.8 Å². The molecule has 0 atom stereocenters. The molecule has 0 unspecified atom stereocenters. The summed E-state index contributed by atoms with van der Waals surface area (Å²) in [7, 11) is 0. The Kier molecular flexibility index (Phi) is 4.13. The summed E-state index contributed by atoms with van der Waals surface area (Å²) in [5.74, 6) is 6.13. The number of nitrogens with one attached hydrogen (secondary N) is 2. The topological polar surface area (TPSA) is 119 Å². The van der Waals surface area contributed by atoms with Gasteiger partial charge < -0.3 is 11.1 Å². The van der Waals surface area contributed by atoms with Gasteiger partial charge in [0.15, 0.2) is 0 Å². The van der Waals surface area contributed by atoms with Crippen LogP contribution in [0.15, 0.2) is 6.07 Å². The molecule has 2 aromatic rings. The van der Waals surface area contributed by atoms with Crippen molar-refractivity contribution < 1.29 is 4.79 Å². The summed E-state index contributed by atoms with van der Waals surface area (Å²) >= 11 is 1.58. The van der Waals surface area contributed by atoms with Gasteiger partial charge in [-0.3, -0.25) is 10.2 Å². The van der Waals surface area contributed by atoms with Crippen LogP contribution in [0.1, 0.15) is 17.7 Å². The first-order chi connectivity index (χ1) is 9.10. The lowest BCUT2D eigenvalue weighted by Gasteiger charge is -2.07. The van der Waals surface area contributed by atoms with E-state index in [1.54, 1.807) is 11.3 Å². The second kappa shape index (κ2) is 5.81. The largest absolute Gasteiger partial charge is 0.370 e. The quantitative estimate of drug-likeness (QED) is 0.355. The molecule has 19 heavy (non-hydrogen) atoms. The maximum atomic E-state index is 10.7. The molecule has 0 spiro atoms. The summed E-state index contributed by atoms with van der Waals surface area (Å²) in [6.07, 6.45) is 1.02.